The van der Waals surface area contributed by atoms with E-state index in [9.17, 15) is 14.4 Å². The van der Waals surface area contributed by atoms with Crippen molar-refractivity contribution in [3.63, 3.8) is 0 Å². The van der Waals surface area contributed by atoms with Crippen LogP contribution in [0.1, 0.15) is 26.6 Å². The molecule has 3 rings (SSSR count). The van der Waals surface area contributed by atoms with Crippen molar-refractivity contribution in [1.82, 2.24) is 14.4 Å². The molecule has 2 aromatic heterocycles. The van der Waals surface area contributed by atoms with E-state index in [0.29, 0.717) is 12.1 Å². The molecule has 0 atom stereocenters. The van der Waals surface area contributed by atoms with Crippen molar-refractivity contribution in [3.05, 3.63) is 45.4 Å². The Hall–Kier alpha value is -2.41. The van der Waals surface area contributed by atoms with Crippen LogP contribution in [0.5, 0.6) is 0 Å². The van der Waals surface area contributed by atoms with E-state index in [-0.39, 0.29) is 24.8 Å². The highest BCUT2D eigenvalue weighted by atomic mass is 32.1. The average molecular weight is 345 g/mol. The topological polar surface area (TPSA) is 62.6 Å². The molecule has 0 aromatic carbocycles. The Bertz CT molecular complexity index is 807. The first-order valence-corrected chi connectivity index (χ1v) is 8.54. The van der Waals surface area contributed by atoms with E-state index in [1.54, 1.807) is 18.4 Å². The Kier molecular flexibility index (Phi) is 4.28. The van der Waals surface area contributed by atoms with Gasteiger partial charge in [-0.15, -0.1) is 11.3 Å². The number of amides is 3. The van der Waals surface area contributed by atoms with Crippen LogP contribution in [0.15, 0.2) is 23.6 Å². The van der Waals surface area contributed by atoms with Gasteiger partial charge in [0.2, 0.25) is 0 Å². The molecule has 1 aliphatic rings. The third kappa shape index (κ3) is 2.87. The molecule has 1 fully saturated rings. The van der Waals surface area contributed by atoms with Crippen molar-refractivity contribution in [2.24, 2.45) is 0 Å². The van der Waals surface area contributed by atoms with Crippen molar-refractivity contribution >= 4 is 29.1 Å². The second-order valence-electron chi connectivity index (χ2n) is 5.99. The van der Waals surface area contributed by atoms with E-state index in [0.717, 1.165) is 16.3 Å². The van der Waals surface area contributed by atoms with Crippen LogP contribution >= 0.6 is 11.3 Å². The Morgan fingerprint density at radius 3 is 2.62 bits per heavy atom. The monoisotopic (exact) mass is 345 g/mol. The predicted octanol–water partition coefficient (Wildman–Crippen LogP) is 2.29. The molecule has 0 N–H and O–H groups in total. The Balaban J connectivity index is 1.81. The molecule has 3 heterocycles. The van der Waals surface area contributed by atoms with E-state index in [1.807, 2.05) is 31.4 Å². The van der Waals surface area contributed by atoms with E-state index in [2.05, 4.69) is 10.6 Å². The fourth-order valence-electron chi connectivity index (χ4n) is 2.94. The highest BCUT2D eigenvalue weighted by molar-refractivity contribution is 7.09. The summed E-state index contributed by atoms with van der Waals surface area (Å²) in [7, 11) is 1.55. The van der Waals surface area contributed by atoms with Crippen LogP contribution in [0.4, 0.5) is 4.79 Å². The van der Waals surface area contributed by atoms with Crippen LogP contribution in [-0.2, 0) is 11.3 Å². The quantitative estimate of drug-likeness (QED) is 0.617. The molecule has 126 valence electrons. The number of ketones is 1. The first-order chi connectivity index (χ1) is 11.4. The maximum absolute atomic E-state index is 12.6. The van der Waals surface area contributed by atoms with E-state index < -0.39 is 6.03 Å². The second-order valence-corrected chi connectivity index (χ2v) is 7.02. The zero-order valence-corrected chi connectivity index (χ0v) is 14.7. The third-order valence-corrected chi connectivity index (χ3v) is 5.16. The van der Waals surface area contributed by atoms with Gasteiger partial charge in [-0.1, -0.05) is 6.07 Å². The van der Waals surface area contributed by atoms with Crippen LogP contribution in [-0.4, -0.2) is 52.2 Å². The molecule has 2 aromatic rings. The highest BCUT2D eigenvalue weighted by Gasteiger charge is 2.35. The minimum Gasteiger partial charge on any atom is -0.343 e. The third-order valence-electron chi connectivity index (χ3n) is 4.30. The molecule has 7 heteroatoms. The zero-order chi connectivity index (χ0) is 17.4. The van der Waals surface area contributed by atoms with Gasteiger partial charge in [0, 0.05) is 28.9 Å². The molecular weight excluding hydrogens is 326 g/mol. The SMILES string of the molecule is Cc1cc(C(=O)CN2C(=O)CN(C)C2=O)c(C)n1Cc1cccs1. The Labute approximate surface area is 144 Å². The number of likely N-dealkylation sites (N-methyl/N-ethyl adjacent to an activating group) is 1. The number of hydrogen-bond acceptors (Lipinski definition) is 4. The van der Waals surface area contributed by atoms with Crippen molar-refractivity contribution in [3.8, 4) is 0 Å². The Morgan fingerprint density at radius 1 is 1.29 bits per heavy atom. The number of nitrogens with zero attached hydrogens (tertiary/aromatic N) is 3. The number of rotatable bonds is 5. The lowest BCUT2D eigenvalue weighted by atomic mass is 10.1. The summed E-state index contributed by atoms with van der Waals surface area (Å²) in [5.74, 6) is -0.541. The second kappa shape index (κ2) is 6.24. The molecule has 6 nitrogen and oxygen atoms in total. The van der Waals surface area contributed by atoms with E-state index >= 15 is 0 Å². The molecule has 0 unspecified atom stereocenters. The largest absolute Gasteiger partial charge is 0.343 e. The number of urea groups is 1. The van der Waals surface area contributed by atoms with Gasteiger partial charge in [0.25, 0.3) is 5.91 Å². The van der Waals surface area contributed by atoms with Gasteiger partial charge in [-0.25, -0.2) is 4.79 Å². The lowest BCUT2D eigenvalue weighted by molar-refractivity contribution is -0.125. The van der Waals surface area contributed by atoms with Crippen LogP contribution in [0, 0.1) is 13.8 Å². The number of thiophene rings is 1. The van der Waals surface area contributed by atoms with E-state index in [4.69, 9.17) is 0 Å². The van der Waals surface area contributed by atoms with Crippen molar-refractivity contribution in [2.75, 3.05) is 20.1 Å². The molecule has 0 radical (unpaired) electrons. The van der Waals surface area contributed by atoms with Crippen LogP contribution < -0.4 is 0 Å². The van der Waals surface area contributed by atoms with Crippen molar-refractivity contribution in [1.29, 1.82) is 0 Å². The molecule has 24 heavy (non-hydrogen) atoms. The van der Waals surface area contributed by atoms with E-state index in [1.165, 1.54) is 9.78 Å². The number of hydrogen-bond donors (Lipinski definition) is 0. The minimum absolute atomic E-state index is 0.0313. The molecule has 1 aliphatic heterocycles. The number of carbonyl (C=O) groups excluding carboxylic acids is 3. The molecule has 1 saturated heterocycles. The molecule has 0 spiro atoms. The normalized spacial score (nSPS) is 14.8. The van der Waals surface area contributed by atoms with Crippen LogP contribution in [0.2, 0.25) is 0 Å². The summed E-state index contributed by atoms with van der Waals surface area (Å²) in [5, 5.41) is 2.02. The summed E-state index contributed by atoms with van der Waals surface area (Å²) < 4.78 is 2.08. The van der Waals surface area contributed by atoms with Crippen molar-refractivity contribution in [2.45, 2.75) is 20.4 Å². The molecule has 3 amide bonds. The standard InChI is InChI=1S/C17H19N3O3S/c1-11-7-14(12(2)19(11)8-13-5-4-6-24-13)15(21)9-20-16(22)10-18(3)17(20)23/h4-7H,8-10H2,1-3H3. The summed E-state index contributed by atoms with van der Waals surface area (Å²) >= 11 is 1.67. The van der Waals surface area contributed by atoms with Gasteiger partial charge in [-0.05, 0) is 31.4 Å². The smallest absolute Gasteiger partial charge is 0.327 e. The molecule has 0 aliphatic carbocycles. The summed E-state index contributed by atoms with van der Waals surface area (Å²) in [6.45, 7) is 4.40. The highest BCUT2D eigenvalue weighted by Crippen LogP contribution is 2.20. The maximum atomic E-state index is 12.6. The maximum Gasteiger partial charge on any atom is 0.327 e. The average Bonchev–Trinajstić information content (AvgIpc) is 3.20. The number of imide groups is 1. The number of carbonyl (C=O) groups is 3. The minimum atomic E-state index is -0.416. The fraction of sp³-hybridized carbons (Fsp3) is 0.353. The van der Waals surface area contributed by atoms with Gasteiger partial charge in [0.15, 0.2) is 5.78 Å². The summed E-state index contributed by atoms with van der Waals surface area (Å²) in [6, 6.07) is 5.48. The first kappa shape index (κ1) is 16.4. The molecule has 0 saturated carbocycles. The number of aryl methyl sites for hydroxylation is 1. The lowest BCUT2D eigenvalue weighted by Gasteiger charge is -2.13. The van der Waals surface area contributed by atoms with Gasteiger partial charge in [-0.3, -0.25) is 14.5 Å². The first-order valence-electron chi connectivity index (χ1n) is 7.66. The lowest BCUT2D eigenvalue weighted by Crippen LogP contribution is -2.36. The Morgan fingerprint density at radius 2 is 2.04 bits per heavy atom. The van der Waals surface area contributed by atoms with Crippen LogP contribution in [0.25, 0.3) is 0 Å². The zero-order valence-electron chi connectivity index (χ0n) is 13.9. The fourth-order valence-corrected chi connectivity index (χ4v) is 3.63. The van der Waals surface area contributed by atoms with Crippen LogP contribution in [0.3, 0.4) is 0 Å². The molecule has 0 bridgehead atoms. The van der Waals surface area contributed by atoms with Gasteiger partial charge in [-0.2, -0.15) is 0 Å². The number of aromatic nitrogens is 1. The van der Waals surface area contributed by atoms with Gasteiger partial charge < -0.3 is 9.47 Å². The number of Topliss-reactive ketones (excluding diaryl/α,β-unsaturated/α-hetero) is 1. The summed E-state index contributed by atoms with van der Waals surface area (Å²) in [6.07, 6.45) is 0. The van der Waals surface area contributed by atoms with Gasteiger partial charge in [0.1, 0.15) is 6.54 Å². The van der Waals surface area contributed by atoms with Crippen molar-refractivity contribution < 1.29 is 14.4 Å². The predicted molar refractivity (Wildman–Crippen MR) is 91.4 cm³/mol. The summed E-state index contributed by atoms with van der Waals surface area (Å²) in [5.41, 5.74) is 2.41. The molecular formula is C17H19N3O3S. The van der Waals surface area contributed by atoms with Gasteiger partial charge in [0.05, 0.1) is 13.1 Å². The summed E-state index contributed by atoms with van der Waals surface area (Å²) in [4.78, 5) is 39.9. The van der Waals surface area contributed by atoms with Gasteiger partial charge >= 0.3 is 6.03 Å².